The van der Waals surface area contributed by atoms with Crippen molar-refractivity contribution < 1.29 is 23.9 Å². The zero-order valence-corrected chi connectivity index (χ0v) is 17.5. The summed E-state index contributed by atoms with van der Waals surface area (Å²) in [5.74, 6) is -0.870. The highest BCUT2D eigenvalue weighted by Crippen LogP contribution is 2.26. The summed E-state index contributed by atoms with van der Waals surface area (Å²) < 4.78 is 9.67. The Morgan fingerprint density at radius 3 is 2.09 bits per heavy atom. The number of carbonyl (C=O) groups excluding carboxylic acids is 3. The summed E-state index contributed by atoms with van der Waals surface area (Å²) in [5, 5.41) is 0. The molecule has 0 bridgehead atoms. The highest BCUT2D eigenvalue weighted by molar-refractivity contribution is 6.27. The second-order valence-corrected chi connectivity index (χ2v) is 7.19. The second-order valence-electron chi connectivity index (χ2n) is 7.19. The summed E-state index contributed by atoms with van der Waals surface area (Å²) in [6.07, 6.45) is 1.05. The first kappa shape index (κ1) is 21.1. The predicted octanol–water partition coefficient (Wildman–Crippen LogP) is 4.66. The van der Waals surface area contributed by atoms with Crippen LogP contribution >= 0.6 is 0 Å². The largest absolute Gasteiger partial charge is 0.465 e. The molecular formula is C26H21NO5. The third-order valence-corrected chi connectivity index (χ3v) is 5.18. The van der Waals surface area contributed by atoms with E-state index in [1.165, 1.54) is 7.11 Å². The number of hydrogen-bond acceptors (Lipinski definition) is 5. The molecule has 160 valence electrons. The Bertz CT molecular complexity index is 1170. The van der Waals surface area contributed by atoms with E-state index in [1.54, 1.807) is 30.3 Å². The van der Waals surface area contributed by atoms with Crippen LogP contribution in [0.4, 0.5) is 4.79 Å². The van der Waals surface area contributed by atoms with Crippen molar-refractivity contribution in [3.63, 3.8) is 0 Å². The van der Waals surface area contributed by atoms with Crippen LogP contribution in [0.2, 0.25) is 0 Å². The minimum Gasteiger partial charge on any atom is -0.465 e. The molecule has 6 heteroatoms. The van der Waals surface area contributed by atoms with Crippen LogP contribution in [0.3, 0.4) is 0 Å². The van der Waals surface area contributed by atoms with Crippen molar-refractivity contribution in [1.82, 2.24) is 4.90 Å². The van der Waals surface area contributed by atoms with E-state index in [1.807, 2.05) is 54.6 Å². The van der Waals surface area contributed by atoms with Crippen LogP contribution in [-0.2, 0) is 14.3 Å². The van der Waals surface area contributed by atoms with Crippen molar-refractivity contribution in [2.45, 2.75) is 0 Å². The summed E-state index contributed by atoms with van der Waals surface area (Å²) in [6, 6.07) is 24.2. The molecule has 1 saturated heterocycles. The maximum Gasteiger partial charge on any atom is 0.416 e. The molecule has 1 aliphatic heterocycles. The first-order chi connectivity index (χ1) is 15.6. The minimum absolute atomic E-state index is 0.179. The van der Waals surface area contributed by atoms with Crippen molar-refractivity contribution in [3.05, 3.63) is 95.6 Å². The fraction of sp³-hybridized carbons (Fsp3) is 0.115. The van der Waals surface area contributed by atoms with E-state index in [4.69, 9.17) is 9.47 Å². The first-order valence-electron chi connectivity index (χ1n) is 10.1. The quantitative estimate of drug-likeness (QED) is 0.336. The van der Waals surface area contributed by atoms with Gasteiger partial charge in [-0.1, -0.05) is 66.7 Å². The highest BCUT2D eigenvalue weighted by Gasteiger charge is 2.31. The van der Waals surface area contributed by atoms with Gasteiger partial charge in [-0.25, -0.2) is 14.5 Å². The molecule has 3 aromatic rings. The molecule has 0 N–H and O–H groups in total. The summed E-state index contributed by atoms with van der Waals surface area (Å²) in [5.41, 5.74) is 4.23. The molecular weight excluding hydrogens is 406 g/mol. The van der Waals surface area contributed by atoms with Crippen LogP contribution in [-0.4, -0.2) is 43.1 Å². The monoisotopic (exact) mass is 427 g/mol. The van der Waals surface area contributed by atoms with Gasteiger partial charge in [0.25, 0.3) is 5.91 Å². The van der Waals surface area contributed by atoms with Crippen molar-refractivity contribution in [1.29, 1.82) is 0 Å². The number of benzene rings is 3. The lowest BCUT2D eigenvalue weighted by atomic mass is 9.97. The summed E-state index contributed by atoms with van der Waals surface area (Å²) in [4.78, 5) is 38.0. The number of methoxy groups -OCH3 is 1. The standard InChI is InChI=1S/C26H21NO5/c1-31-25(29)22-9-7-18(8-10-22)17-23(24(28)27-15-16-32-26(27)30)21-13-11-20(12-14-21)19-5-3-2-4-6-19/h2-14,17H,15-16H2,1H3/b23-17+. The molecule has 1 heterocycles. The topological polar surface area (TPSA) is 72.9 Å². The minimum atomic E-state index is -0.650. The lowest BCUT2D eigenvalue weighted by Gasteiger charge is -2.15. The fourth-order valence-corrected chi connectivity index (χ4v) is 3.46. The van der Waals surface area contributed by atoms with Crippen LogP contribution in [0.1, 0.15) is 21.5 Å². The zero-order chi connectivity index (χ0) is 22.5. The smallest absolute Gasteiger partial charge is 0.416 e. The van der Waals surface area contributed by atoms with E-state index in [-0.39, 0.29) is 13.2 Å². The van der Waals surface area contributed by atoms with Crippen LogP contribution < -0.4 is 0 Å². The number of amides is 2. The van der Waals surface area contributed by atoms with Gasteiger partial charge in [-0.3, -0.25) is 4.79 Å². The number of hydrogen-bond donors (Lipinski definition) is 0. The normalized spacial score (nSPS) is 13.6. The van der Waals surface area contributed by atoms with E-state index in [2.05, 4.69) is 0 Å². The summed E-state index contributed by atoms with van der Waals surface area (Å²) in [6.45, 7) is 0.386. The van der Waals surface area contributed by atoms with Gasteiger partial charge >= 0.3 is 12.1 Å². The SMILES string of the molecule is COC(=O)c1ccc(/C=C(/C(=O)N2CCOC2=O)c2ccc(-c3ccccc3)cc2)cc1. The first-order valence-corrected chi connectivity index (χ1v) is 10.1. The van der Waals surface area contributed by atoms with Gasteiger partial charge in [0.2, 0.25) is 0 Å². The average Bonchev–Trinajstić information content (AvgIpc) is 3.28. The van der Waals surface area contributed by atoms with Gasteiger partial charge in [-0.2, -0.15) is 0 Å². The van der Waals surface area contributed by atoms with E-state index in [9.17, 15) is 14.4 Å². The van der Waals surface area contributed by atoms with Gasteiger partial charge < -0.3 is 9.47 Å². The Morgan fingerprint density at radius 1 is 0.875 bits per heavy atom. The van der Waals surface area contributed by atoms with Crippen molar-refractivity contribution in [2.24, 2.45) is 0 Å². The van der Waals surface area contributed by atoms with Crippen molar-refractivity contribution >= 4 is 29.6 Å². The second kappa shape index (κ2) is 9.31. The van der Waals surface area contributed by atoms with Crippen LogP contribution in [0.5, 0.6) is 0 Å². The van der Waals surface area contributed by atoms with Crippen molar-refractivity contribution in [3.8, 4) is 11.1 Å². The van der Waals surface area contributed by atoms with Gasteiger partial charge in [-0.15, -0.1) is 0 Å². The number of rotatable bonds is 5. The molecule has 0 aliphatic carbocycles. The Morgan fingerprint density at radius 2 is 1.50 bits per heavy atom. The number of imide groups is 1. The number of esters is 1. The molecule has 0 atom stereocenters. The molecule has 2 amide bonds. The lowest BCUT2D eigenvalue weighted by molar-refractivity contribution is -0.121. The van der Waals surface area contributed by atoms with E-state index < -0.39 is 18.0 Å². The lowest BCUT2D eigenvalue weighted by Crippen LogP contribution is -2.32. The van der Waals surface area contributed by atoms with Crippen LogP contribution in [0.25, 0.3) is 22.8 Å². The van der Waals surface area contributed by atoms with Gasteiger partial charge in [0, 0.05) is 5.57 Å². The van der Waals surface area contributed by atoms with Gasteiger partial charge in [0.15, 0.2) is 0 Å². The van der Waals surface area contributed by atoms with E-state index in [0.717, 1.165) is 16.0 Å². The number of ether oxygens (including phenoxy) is 2. The number of nitrogens with zero attached hydrogens (tertiary/aromatic N) is 1. The molecule has 1 fully saturated rings. The third-order valence-electron chi connectivity index (χ3n) is 5.18. The molecule has 3 aromatic carbocycles. The molecule has 32 heavy (non-hydrogen) atoms. The molecule has 0 unspecified atom stereocenters. The number of carbonyl (C=O) groups is 3. The Balaban J connectivity index is 1.71. The molecule has 0 spiro atoms. The molecule has 0 saturated carbocycles. The van der Waals surface area contributed by atoms with E-state index in [0.29, 0.717) is 22.3 Å². The van der Waals surface area contributed by atoms with Gasteiger partial charge in [-0.05, 0) is 40.5 Å². The summed E-state index contributed by atoms with van der Waals surface area (Å²) >= 11 is 0. The third kappa shape index (κ3) is 4.44. The Labute approximate surface area is 185 Å². The molecule has 0 radical (unpaired) electrons. The Kier molecular flexibility index (Phi) is 6.12. The summed E-state index contributed by atoms with van der Waals surface area (Å²) in [7, 11) is 1.32. The maximum atomic E-state index is 13.2. The molecule has 6 nitrogen and oxygen atoms in total. The maximum absolute atomic E-state index is 13.2. The van der Waals surface area contributed by atoms with Crippen LogP contribution in [0, 0.1) is 0 Å². The van der Waals surface area contributed by atoms with Gasteiger partial charge in [0.05, 0.1) is 19.2 Å². The number of cyclic esters (lactones) is 1. The van der Waals surface area contributed by atoms with Crippen molar-refractivity contribution in [2.75, 3.05) is 20.3 Å². The van der Waals surface area contributed by atoms with Crippen LogP contribution in [0.15, 0.2) is 78.9 Å². The Hall–Kier alpha value is -4.19. The average molecular weight is 427 g/mol. The highest BCUT2D eigenvalue weighted by atomic mass is 16.6. The zero-order valence-electron chi connectivity index (χ0n) is 17.5. The molecule has 0 aromatic heterocycles. The molecule has 1 aliphatic rings. The fourth-order valence-electron chi connectivity index (χ4n) is 3.46. The van der Waals surface area contributed by atoms with E-state index >= 15 is 0 Å². The predicted molar refractivity (Wildman–Crippen MR) is 121 cm³/mol. The van der Waals surface area contributed by atoms with Gasteiger partial charge in [0.1, 0.15) is 6.61 Å². The molecule has 4 rings (SSSR count).